The number of aryl methyl sites for hydroxylation is 2. The van der Waals surface area contributed by atoms with Gasteiger partial charge in [-0.1, -0.05) is 18.2 Å². The van der Waals surface area contributed by atoms with E-state index < -0.39 is 16.0 Å². The van der Waals surface area contributed by atoms with Crippen molar-refractivity contribution in [1.82, 2.24) is 9.78 Å². The summed E-state index contributed by atoms with van der Waals surface area (Å²) in [6.45, 7) is 5.07. The molecule has 0 fully saturated rings. The Balaban J connectivity index is 2.01. The van der Waals surface area contributed by atoms with Crippen LogP contribution in [0.25, 0.3) is 5.69 Å². The Bertz CT molecular complexity index is 1120. The molecule has 3 aromatic rings. The molecule has 1 heterocycles. The van der Waals surface area contributed by atoms with Crippen LogP contribution in [-0.4, -0.2) is 29.3 Å². The van der Waals surface area contributed by atoms with Gasteiger partial charge in [0.05, 0.1) is 16.1 Å². The number of anilines is 1. The van der Waals surface area contributed by atoms with Crippen LogP contribution in [0.5, 0.6) is 0 Å². The fourth-order valence-electron chi connectivity index (χ4n) is 2.69. The second-order valence-electron chi connectivity index (χ2n) is 6.27. The van der Waals surface area contributed by atoms with E-state index in [1.165, 1.54) is 6.07 Å². The van der Waals surface area contributed by atoms with Crippen LogP contribution in [0.15, 0.2) is 53.6 Å². The van der Waals surface area contributed by atoms with Gasteiger partial charge < -0.3 is 5.11 Å². The molecule has 0 atom stereocenters. The van der Waals surface area contributed by atoms with E-state index >= 15 is 0 Å². The molecule has 0 saturated heterocycles. The van der Waals surface area contributed by atoms with E-state index in [-0.39, 0.29) is 16.3 Å². The van der Waals surface area contributed by atoms with Gasteiger partial charge >= 0.3 is 5.97 Å². The van der Waals surface area contributed by atoms with E-state index in [1.807, 2.05) is 30.3 Å². The van der Waals surface area contributed by atoms with Crippen LogP contribution in [0, 0.1) is 20.8 Å². The number of hydrogen-bond acceptors (Lipinski definition) is 4. The lowest BCUT2D eigenvalue weighted by molar-refractivity contribution is 0.0696. The van der Waals surface area contributed by atoms with Crippen molar-refractivity contribution < 1.29 is 18.3 Å². The number of nitrogens with one attached hydrogen (secondary N) is 1. The number of carboxylic acids is 1. The van der Waals surface area contributed by atoms with Gasteiger partial charge in [0, 0.05) is 11.8 Å². The van der Waals surface area contributed by atoms with Gasteiger partial charge in [-0.15, -0.1) is 5.10 Å². The average Bonchev–Trinajstić information content (AvgIpc) is 2.97. The Morgan fingerprint density at radius 3 is 2.37 bits per heavy atom. The zero-order valence-electron chi connectivity index (χ0n) is 15.1. The Kier molecular flexibility index (Phi) is 4.75. The van der Waals surface area contributed by atoms with Crippen molar-refractivity contribution >= 4 is 21.8 Å². The Labute approximate surface area is 157 Å². The third-order valence-corrected chi connectivity index (χ3v) is 5.77. The van der Waals surface area contributed by atoms with E-state index in [2.05, 4.69) is 9.82 Å². The van der Waals surface area contributed by atoms with Crippen LogP contribution in [0.2, 0.25) is 0 Å². The number of nitrogens with zero attached hydrogens (tertiary/aromatic N) is 2. The molecule has 7 nitrogen and oxygen atoms in total. The molecule has 27 heavy (non-hydrogen) atoms. The lowest BCUT2D eigenvalue weighted by atomic mass is 10.1. The van der Waals surface area contributed by atoms with Crippen LogP contribution in [0.1, 0.15) is 27.0 Å². The summed E-state index contributed by atoms with van der Waals surface area (Å²) in [5.41, 5.74) is 2.44. The van der Waals surface area contributed by atoms with E-state index in [4.69, 9.17) is 0 Å². The summed E-state index contributed by atoms with van der Waals surface area (Å²) in [6, 6.07) is 11.9. The van der Waals surface area contributed by atoms with Gasteiger partial charge in [-0.3, -0.25) is 4.72 Å². The Morgan fingerprint density at radius 1 is 1.07 bits per heavy atom. The standard InChI is InChI=1S/C19H19N3O4S/c1-12-9-15(19(23)24)10-17(14(12)3)27(25,26)21-18-13(2)11-22(20-18)16-7-5-4-6-8-16/h4-11H,1-3H3,(H,20,21)(H,23,24). The lowest BCUT2D eigenvalue weighted by Crippen LogP contribution is -2.17. The second kappa shape index (κ2) is 6.88. The van der Waals surface area contributed by atoms with E-state index in [1.54, 1.807) is 31.6 Å². The third-order valence-electron chi connectivity index (χ3n) is 4.31. The molecular formula is C19H19N3O4S. The molecule has 0 bridgehead atoms. The average molecular weight is 385 g/mol. The first-order valence-electron chi connectivity index (χ1n) is 8.18. The maximum atomic E-state index is 12.9. The molecule has 8 heteroatoms. The number of aromatic carboxylic acids is 1. The molecule has 2 aromatic carbocycles. The van der Waals surface area contributed by atoms with E-state index in [0.29, 0.717) is 16.7 Å². The highest BCUT2D eigenvalue weighted by atomic mass is 32.2. The molecule has 0 saturated carbocycles. The van der Waals surface area contributed by atoms with Crippen molar-refractivity contribution in [3.8, 4) is 5.69 Å². The van der Waals surface area contributed by atoms with Crippen LogP contribution in [0.3, 0.4) is 0 Å². The number of benzene rings is 2. The van der Waals surface area contributed by atoms with E-state index in [9.17, 15) is 18.3 Å². The predicted molar refractivity (Wildman–Crippen MR) is 102 cm³/mol. The SMILES string of the molecule is Cc1cn(-c2ccccc2)nc1NS(=O)(=O)c1cc(C(=O)O)cc(C)c1C. The molecule has 0 spiro atoms. The number of carboxylic acid groups (broad SMARTS) is 1. The van der Waals surface area contributed by atoms with Gasteiger partial charge in [0.15, 0.2) is 5.82 Å². The van der Waals surface area contributed by atoms with Gasteiger partial charge in [0.2, 0.25) is 0 Å². The van der Waals surface area contributed by atoms with Gasteiger partial charge in [0.1, 0.15) is 0 Å². The van der Waals surface area contributed by atoms with Crippen molar-refractivity contribution in [2.75, 3.05) is 4.72 Å². The highest BCUT2D eigenvalue weighted by Gasteiger charge is 2.23. The van der Waals surface area contributed by atoms with Crippen molar-refractivity contribution in [2.45, 2.75) is 25.7 Å². The maximum absolute atomic E-state index is 12.9. The number of carbonyl (C=O) groups is 1. The summed E-state index contributed by atoms with van der Waals surface area (Å²) in [4.78, 5) is 11.2. The molecule has 2 N–H and O–H groups in total. The lowest BCUT2D eigenvalue weighted by Gasteiger charge is -2.12. The van der Waals surface area contributed by atoms with Gasteiger partial charge in [-0.05, 0) is 56.2 Å². The summed E-state index contributed by atoms with van der Waals surface area (Å²) in [7, 11) is -4.00. The normalized spacial score (nSPS) is 11.4. The first-order valence-corrected chi connectivity index (χ1v) is 9.66. The van der Waals surface area contributed by atoms with Crippen molar-refractivity contribution in [2.24, 2.45) is 0 Å². The highest BCUT2D eigenvalue weighted by Crippen LogP contribution is 2.25. The topological polar surface area (TPSA) is 101 Å². The molecule has 0 aliphatic rings. The van der Waals surface area contributed by atoms with Crippen LogP contribution < -0.4 is 4.72 Å². The summed E-state index contributed by atoms with van der Waals surface area (Å²) >= 11 is 0. The number of rotatable bonds is 5. The smallest absolute Gasteiger partial charge is 0.335 e. The summed E-state index contributed by atoms with van der Waals surface area (Å²) < 4.78 is 29.8. The van der Waals surface area contributed by atoms with Crippen LogP contribution in [0.4, 0.5) is 5.82 Å². The van der Waals surface area contributed by atoms with Gasteiger partial charge in [0.25, 0.3) is 10.0 Å². The van der Waals surface area contributed by atoms with Gasteiger partial charge in [-0.2, -0.15) is 0 Å². The predicted octanol–water partition coefficient (Wildman–Crippen LogP) is 3.30. The maximum Gasteiger partial charge on any atom is 0.335 e. The molecular weight excluding hydrogens is 366 g/mol. The molecule has 0 aliphatic carbocycles. The molecule has 0 unspecified atom stereocenters. The van der Waals surface area contributed by atoms with Crippen molar-refractivity contribution in [3.05, 3.63) is 70.9 Å². The van der Waals surface area contributed by atoms with Crippen molar-refractivity contribution in [3.63, 3.8) is 0 Å². The molecule has 0 amide bonds. The summed E-state index contributed by atoms with van der Waals surface area (Å²) in [5.74, 6) is -0.990. The molecule has 140 valence electrons. The molecule has 0 aliphatic heterocycles. The largest absolute Gasteiger partial charge is 0.478 e. The number of aromatic nitrogens is 2. The number of sulfonamides is 1. The zero-order valence-corrected chi connectivity index (χ0v) is 15.9. The zero-order chi connectivity index (χ0) is 19.8. The second-order valence-corrected chi connectivity index (χ2v) is 7.92. The molecule has 0 radical (unpaired) electrons. The highest BCUT2D eigenvalue weighted by molar-refractivity contribution is 7.92. The van der Waals surface area contributed by atoms with Crippen LogP contribution in [-0.2, 0) is 10.0 Å². The van der Waals surface area contributed by atoms with Crippen LogP contribution >= 0.6 is 0 Å². The Hall–Kier alpha value is -3.13. The molecule has 1 aromatic heterocycles. The van der Waals surface area contributed by atoms with Gasteiger partial charge in [-0.25, -0.2) is 17.9 Å². The summed E-state index contributed by atoms with van der Waals surface area (Å²) in [5, 5.41) is 13.5. The first kappa shape index (κ1) is 18.7. The minimum atomic E-state index is -4.00. The number of para-hydroxylation sites is 1. The third kappa shape index (κ3) is 3.70. The van der Waals surface area contributed by atoms with E-state index in [0.717, 1.165) is 11.8 Å². The fraction of sp³-hybridized carbons (Fsp3) is 0.158. The fourth-order valence-corrected chi connectivity index (χ4v) is 4.10. The number of hydrogen-bond donors (Lipinski definition) is 2. The minimum Gasteiger partial charge on any atom is -0.478 e. The molecule has 3 rings (SSSR count). The first-order chi connectivity index (χ1) is 12.7. The summed E-state index contributed by atoms with van der Waals surface area (Å²) in [6.07, 6.45) is 1.72. The Morgan fingerprint density at radius 2 is 1.74 bits per heavy atom. The monoisotopic (exact) mass is 385 g/mol. The minimum absolute atomic E-state index is 0.0754. The quantitative estimate of drug-likeness (QED) is 0.702. The van der Waals surface area contributed by atoms with Crippen molar-refractivity contribution in [1.29, 1.82) is 0 Å².